The number of phosphoric ester groups is 2. The average molecular weight is 1340 g/mol. The zero-order chi connectivity index (χ0) is 67.3. The quantitative estimate of drug-likeness (QED) is 0.0222. The minimum atomic E-state index is -4.95. The second-order valence-electron chi connectivity index (χ2n) is 26.9. The van der Waals surface area contributed by atoms with Gasteiger partial charge in [0.15, 0.2) is 12.2 Å². The third kappa shape index (κ3) is 63.9. The number of ether oxygens (including phenoxy) is 4. The van der Waals surface area contributed by atoms with Crippen molar-refractivity contribution in [2.24, 2.45) is 17.8 Å². The van der Waals surface area contributed by atoms with E-state index < -0.39 is 97.5 Å². The van der Waals surface area contributed by atoms with Crippen molar-refractivity contribution in [3.8, 4) is 0 Å². The molecule has 540 valence electrons. The Morgan fingerprint density at radius 3 is 0.835 bits per heavy atom. The molecule has 0 bridgehead atoms. The minimum Gasteiger partial charge on any atom is -0.462 e. The van der Waals surface area contributed by atoms with Crippen LogP contribution in [0.5, 0.6) is 0 Å². The summed E-state index contributed by atoms with van der Waals surface area (Å²) in [5, 5.41) is 10.6. The average Bonchev–Trinajstić information content (AvgIpc) is 3.37. The molecule has 0 radical (unpaired) electrons. The first-order valence-electron chi connectivity index (χ1n) is 37.4. The number of unbranched alkanes of at least 4 members (excludes halogenated alkanes) is 36. The van der Waals surface area contributed by atoms with Crippen LogP contribution in [0.15, 0.2) is 0 Å². The molecule has 0 spiro atoms. The van der Waals surface area contributed by atoms with Crippen LogP contribution < -0.4 is 0 Å². The molecule has 0 heterocycles. The molecule has 0 rings (SSSR count). The van der Waals surface area contributed by atoms with E-state index in [9.17, 15) is 43.2 Å². The third-order valence-corrected chi connectivity index (χ3v) is 19.3. The highest BCUT2D eigenvalue weighted by Crippen LogP contribution is 2.45. The number of aliphatic hydroxyl groups is 1. The summed E-state index contributed by atoms with van der Waals surface area (Å²) in [7, 11) is -9.91. The highest BCUT2D eigenvalue weighted by Gasteiger charge is 2.30. The fourth-order valence-electron chi connectivity index (χ4n) is 10.8. The molecule has 0 aromatic carbocycles. The number of esters is 4. The summed E-state index contributed by atoms with van der Waals surface area (Å²) in [4.78, 5) is 72.6. The van der Waals surface area contributed by atoms with E-state index in [2.05, 4.69) is 48.5 Å². The topological polar surface area (TPSA) is 237 Å². The van der Waals surface area contributed by atoms with Crippen LogP contribution in [0.2, 0.25) is 0 Å². The third-order valence-electron chi connectivity index (χ3n) is 17.4. The Bertz CT molecular complexity index is 1790. The number of rotatable bonds is 70. The van der Waals surface area contributed by atoms with Gasteiger partial charge in [-0.1, -0.05) is 312 Å². The molecule has 4 unspecified atom stereocenters. The predicted molar refractivity (Wildman–Crippen MR) is 368 cm³/mol. The first-order valence-corrected chi connectivity index (χ1v) is 40.4. The molecule has 0 saturated carbocycles. The van der Waals surface area contributed by atoms with Gasteiger partial charge < -0.3 is 33.8 Å². The Labute approximate surface area is 556 Å². The van der Waals surface area contributed by atoms with Crippen LogP contribution in [0.1, 0.15) is 363 Å². The van der Waals surface area contributed by atoms with E-state index in [0.29, 0.717) is 25.7 Å². The van der Waals surface area contributed by atoms with E-state index in [1.807, 2.05) is 0 Å². The standard InChI is InChI=1S/C72H140O17P2/c1-8-11-12-13-14-15-16-17-18-19-22-26-32-41-48-55-71(76)88-67(59-82-69(74)53-46-39-31-25-23-20-21-24-29-36-43-50-63(4)5)61-86-90(78,79)84-57-66(73)58-85-91(80,81)87-62-68(60-83-70(75)54-47-40-35-34-38-45-52-65(7)10-3)89-72(77)56-49-42-33-28-27-30-37-44-51-64(6)9-2/h63-68,73H,8-62H2,1-7H3,(H,78,79)(H,80,81)/t64?,65?,66-,67-,68-/m1/s1. The van der Waals surface area contributed by atoms with Gasteiger partial charge >= 0.3 is 39.5 Å². The van der Waals surface area contributed by atoms with E-state index >= 15 is 0 Å². The number of hydrogen-bond acceptors (Lipinski definition) is 15. The van der Waals surface area contributed by atoms with Gasteiger partial charge in [0.1, 0.15) is 19.3 Å². The number of phosphoric acid groups is 2. The lowest BCUT2D eigenvalue weighted by Crippen LogP contribution is -2.30. The maximum Gasteiger partial charge on any atom is 0.472 e. The first-order chi connectivity index (χ1) is 43.8. The Morgan fingerprint density at radius 2 is 0.560 bits per heavy atom. The summed E-state index contributed by atoms with van der Waals surface area (Å²) in [5.41, 5.74) is 0. The van der Waals surface area contributed by atoms with Crippen LogP contribution in [0.4, 0.5) is 0 Å². The predicted octanol–water partition coefficient (Wildman–Crippen LogP) is 20.6. The van der Waals surface area contributed by atoms with E-state index in [1.54, 1.807) is 0 Å². The van der Waals surface area contributed by atoms with Crippen LogP contribution in [0.25, 0.3) is 0 Å². The molecule has 0 fully saturated rings. The van der Waals surface area contributed by atoms with Gasteiger partial charge in [0.05, 0.1) is 26.4 Å². The largest absolute Gasteiger partial charge is 0.472 e. The normalized spacial score (nSPS) is 14.8. The Hall–Kier alpha value is -1.94. The van der Waals surface area contributed by atoms with Crippen LogP contribution in [0, 0.1) is 17.8 Å². The zero-order valence-corrected chi connectivity index (χ0v) is 61.1. The monoisotopic (exact) mass is 1340 g/mol. The summed E-state index contributed by atoms with van der Waals surface area (Å²) in [5.74, 6) is 0.147. The van der Waals surface area contributed by atoms with Crippen molar-refractivity contribution in [2.75, 3.05) is 39.6 Å². The number of carbonyl (C=O) groups is 4. The van der Waals surface area contributed by atoms with E-state index in [-0.39, 0.29) is 25.7 Å². The Balaban J connectivity index is 5.27. The highest BCUT2D eigenvalue weighted by atomic mass is 31.2. The lowest BCUT2D eigenvalue weighted by atomic mass is 9.99. The fraction of sp³-hybridized carbons (Fsp3) is 0.944. The van der Waals surface area contributed by atoms with Crippen molar-refractivity contribution in [3.63, 3.8) is 0 Å². The van der Waals surface area contributed by atoms with Gasteiger partial charge in [-0.2, -0.15) is 0 Å². The van der Waals surface area contributed by atoms with Crippen LogP contribution in [-0.4, -0.2) is 96.7 Å². The summed E-state index contributed by atoms with van der Waals surface area (Å²) in [6, 6.07) is 0. The van der Waals surface area contributed by atoms with Crippen molar-refractivity contribution in [2.45, 2.75) is 381 Å². The van der Waals surface area contributed by atoms with E-state index in [4.69, 9.17) is 37.0 Å². The van der Waals surface area contributed by atoms with Gasteiger partial charge in [0, 0.05) is 25.7 Å². The molecule has 0 aliphatic carbocycles. The van der Waals surface area contributed by atoms with Crippen molar-refractivity contribution in [1.29, 1.82) is 0 Å². The summed E-state index contributed by atoms with van der Waals surface area (Å²) in [6.07, 6.45) is 47.1. The molecular weight excluding hydrogens is 1200 g/mol. The Morgan fingerprint density at radius 1 is 0.319 bits per heavy atom. The van der Waals surface area contributed by atoms with Crippen molar-refractivity contribution >= 4 is 39.5 Å². The number of carbonyl (C=O) groups excluding carboxylic acids is 4. The highest BCUT2D eigenvalue weighted by molar-refractivity contribution is 7.47. The minimum absolute atomic E-state index is 0.104. The van der Waals surface area contributed by atoms with Crippen LogP contribution >= 0.6 is 15.6 Å². The number of hydrogen-bond donors (Lipinski definition) is 3. The van der Waals surface area contributed by atoms with Gasteiger partial charge in [-0.05, 0) is 43.4 Å². The van der Waals surface area contributed by atoms with Crippen molar-refractivity contribution in [1.82, 2.24) is 0 Å². The molecule has 19 heteroatoms. The van der Waals surface area contributed by atoms with E-state index in [0.717, 1.165) is 114 Å². The molecule has 0 amide bonds. The Kier molecular flexibility index (Phi) is 61.5. The summed E-state index contributed by atoms with van der Waals surface area (Å²) >= 11 is 0. The van der Waals surface area contributed by atoms with Gasteiger partial charge in [0.25, 0.3) is 0 Å². The smallest absolute Gasteiger partial charge is 0.462 e. The molecular formula is C72H140O17P2. The SMILES string of the molecule is CCCCCCCCCCCCCCCCCC(=O)O[C@H](COC(=O)CCCCCCCCCCCCCC(C)C)COP(=O)(O)OC[C@@H](O)COP(=O)(O)OC[C@@H](COC(=O)CCCCCCCCC(C)CC)OC(=O)CCCCCCCCCCC(C)CC. The van der Waals surface area contributed by atoms with Crippen molar-refractivity contribution < 1.29 is 80.2 Å². The van der Waals surface area contributed by atoms with Gasteiger partial charge in [-0.3, -0.25) is 37.3 Å². The second kappa shape index (κ2) is 62.8. The van der Waals surface area contributed by atoms with Gasteiger partial charge in [-0.25, -0.2) is 9.13 Å². The molecule has 0 aliphatic heterocycles. The molecule has 7 atom stereocenters. The maximum absolute atomic E-state index is 13.0. The van der Waals surface area contributed by atoms with Crippen LogP contribution in [-0.2, 0) is 65.4 Å². The number of aliphatic hydroxyl groups excluding tert-OH is 1. The summed E-state index contributed by atoms with van der Waals surface area (Å²) < 4.78 is 68.4. The van der Waals surface area contributed by atoms with Crippen molar-refractivity contribution in [3.05, 3.63) is 0 Å². The molecule has 91 heavy (non-hydrogen) atoms. The van der Waals surface area contributed by atoms with E-state index in [1.165, 1.54) is 167 Å². The lowest BCUT2D eigenvalue weighted by molar-refractivity contribution is -0.161. The van der Waals surface area contributed by atoms with Crippen LogP contribution in [0.3, 0.4) is 0 Å². The molecule has 0 aliphatic rings. The fourth-order valence-corrected chi connectivity index (χ4v) is 12.4. The maximum atomic E-state index is 13.0. The molecule has 17 nitrogen and oxygen atoms in total. The van der Waals surface area contributed by atoms with Gasteiger partial charge in [0.2, 0.25) is 0 Å². The second-order valence-corrected chi connectivity index (χ2v) is 29.8. The first kappa shape index (κ1) is 89.1. The molecule has 0 saturated heterocycles. The molecule has 3 N–H and O–H groups in total. The lowest BCUT2D eigenvalue weighted by Gasteiger charge is -2.21. The molecule has 0 aromatic heterocycles. The molecule has 0 aromatic rings. The zero-order valence-electron chi connectivity index (χ0n) is 59.3. The van der Waals surface area contributed by atoms with Gasteiger partial charge in [-0.15, -0.1) is 0 Å². The summed E-state index contributed by atoms with van der Waals surface area (Å²) in [6.45, 7) is 11.8.